The van der Waals surface area contributed by atoms with E-state index in [2.05, 4.69) is 39.1 Å². The van der Waals surface area contributed by atoms with Gasteiger partial charge < -0.3 is 14.8 Å². The van der Waals surface area contributed by atoms with Gasteiger partial charge in [0.15, 0.2) is 11.5 Å². The van der Waals surface area contributed by atoms with E-state index >= 15 is 0 Å². The summed E-state index contributed by atoms with van der Waals surface area (Å²) >= 11 is 0. The Morgan fingerprint density at radius 2 is 1.85 bits per heavy atom. The molecule has 3 heteroatoms. The van der Waals surface area contributed by atoms with E-state index in [9.17, 15) is 0 Å². The minimum absolute atomic E-state index is 0.382. The van der Waals surface area contributed by atoms with E-state index in [-0.39, 0.29) is 0 Å². The first-order chi connectivity index (χ1) is 9.46. The maximum Gasteiger partial charge on any atom is 0.161 e. The molecule has 0 heterocycles. The highest BCUT2D eigenvalue weighted by atomic mass is 16.5. The highest BCUT2D eigenvalue weighted by Gasteiger charge is 2.09. The third-order valence-electron chi connectivity index (χ3n) is 3.22. The van der Waals surface area contributed by atoms with Crippen LogP contribution in [-0.4, -0.2) is 26.8 Å². The molecular weight excluding hydrogens is 250 g/mol. The van der Waals surface area contributed by atoms with Crippen LogP contribution in [-0.2, 0) is 6.42 Å². The molecule has 1 aromatic carbocycles. The van der Waals surface area contributed by atoms with Gasteiger partial charge in [-0.3, -0.25) is 0 Å². The summed E-state index contributed by atoms with van der Waals surface area (Å²) in [7, 11) is 1.68. The van der Waals surface area contributed by atoms with Crippen LogP contribution in [0.3, 0.4) is 0 Å². The van der Waals surface area contributed by atoms with Crippen molar-refractivity contribution in [2.45, 2.75) is 40.5 Å². The fraction of sp³-hybridized carbons (Fsp3) is 0.647. The van der Waals surface area contributed by atoms with Crippen molar-refractivity contribution < 1.29 is 9.47 Å². The van der Waals surface area contributed by atoms with Crippen LogP contribution in [0.25, 0.3) is 0 Å². The van der Waals surface area contributed by atoms with Gasteiger partial charge in [0.05, 0.1) is 7.11 Å². The topological polar surface area (TPSA) is 30.5 Å². The zero-order valence-electron chi connectivity index (χ0n) is 13.6. The molecule has 0 atom stereocenters. The maximum absolute atomic E-state index is 5.77. The van der Waals surface area contributed by atoms with E-state index in [0.717, 1.165) is 31.0 Å². The third kappa shape index (κ3) is 6.29. The van der Waals surface area contributed by atoms with Crippen molar-refractivity contribution in [3.8, 4) is 11.5 Å². The Bertz CT molecular complexity index is 396. The Morgan fingerprint density at radius 3 is 2.45 bits per heavy atom. The largest absolute Gasteiger partial charge is 0.493 e. The van der Waals surface area contributed by atoms with Crippen LogP contribution in [0.1, 0.15) is 39.7 Å². The van der Waals surface area contributed by atoms with E-state index < -0.39 is 0 Å². The van der Waals surface area contributed by atoms with Crippen LogP contribution < -0.4 is 14.8 Å². The number of hydrogen-bond acceptors (Lipinski definition) is 3. The highest BCUT2D eigenvalue weighted by molar-refractivity contribution is 5.42. The van der Waals surface area contributed by atoms with Crippen LogP contribution in [0.5, 0.6) is 11.5 Å². The quantitative estimate of drug-likeness (QED) is 0.737. The molecule has 0 fully saturated rings. The summed E-state index contributed by atoms with van der Waals surface area (Å²) in [6.07, 6.45) is 2.17. The molecule has 0 aliphatic carbocycles. The van der Waals surface area contributed by atoms with Crippen molar-refractivity contribution in [1.29, 1.82) is 0 Å². The molecule has 20 heavy (non-hydrogen) atoms. The van der Waals surface area contributed by atoms with Gasteiger partial charge in [0.1, 0.15) is 6.61 Å². The summed E-state index contributed by atoms with van der Waals surface area (Å²) in [5, 5.41) is 3.41. The molecule has 3 nitrogen and oxygen atoms in total. The fourth-order valence-corrected chi connectivity index (χ4v) is 1.87. The lowest BCUT2D eigenvalue weighted by molar-refractivity contribution is 0.286. The molecule has 1 rings (SSSR count). The third-order valence-corrected chi connectivity index (χ3v) is 3.22. The van der Waals surface area contributed by atoms with Gasteiger partial charge in [-0.2, -0.15) is 0 Å². The molecule has 0 aliphatic heterocycles. The summed E-state index contributed by atoms with van der Waals surface area (Å²) in [4.78, 5) is 0. The second-order valence-electron chi connectivity index (χ2n) is 6.25. The van der Waals surface area contributed by atoms with Gasteiger partial charge in [0.25, 0.3) is 0 Å². The van der Waals surface area contributed by atoms with Gasteiger partial charge in [0, 0.05) is 6.54 Å². The van der Waals surface area contributed by atoms with Crippen molar-refractivity contribution in [2.75, 3.05) is 26.8 Å². The standard InChI is InChI=1S/C17H29NO2/c1-6-14-7-8-15(16(13-14)19-5)20-12-11-18-10-9-17(2,3)4/h7-8,13,18H,6,9-12H2,1-5H3. The molecule has 0 saturated heterocycles. The van der Waals surface area contributed by atoms with E-state index in [1.54, 1.807) is 7.11 Å². The molecule has 0 aliphatic rings. The molecule has 114 valence electrons. The van der Waals surface area contributed by atoms with E-state index in [1.807, 2.05) is 12.1 Å². The van der Waals surface area contributed by atoms with E-state index in [4.69, 9.17) is 9.47 Å². The lowest BCUT2D eigenvalue weighted by atomic mass is 9.92. The molecule has 0 unspecified atom stereocenters. The Labute approximate surface area is 123 Å². The second kappa shape index (κ2) is 8.15. The van der Waals surface area contributed by atoms with E-state index in [1.165, 1.54) is 12.0 Å². The lowest BCUT2D eigenvalue weighted by Crippen LogP contribution is -2.25. The summed E-state index contributed by atoms with van der Waals surface area (Å²) in [6, 6.07) is 6.13. The van der Waals surface area contributed by atoms with Gasteiger partial charge in [-0.25, -0.2) is 0 Å². The van der Waals surface area contributed by atoms with Crippen LogP contribution in [0, 0.1) is 5.41 Å². The second-order valence-corrected chi connectivity index (χ2v) is 6.25. The number of aryl methyl sites for hydroxylation is 1. The first-order valence-electron chi connectivity index (χ1n) is 7.46. The number of methoxy groups -OCH3 is 1. The zero-order chi connectivity index (χ0) is 15.0. The SMILES string of the molecule is CCc1ccc(OCCNCCC(C)(C)C)c(OC)c1. The summed E-state index contributed by atoms with van der Waals surface area (Å²) in [5.41, 5.74) is 1.64. The molecular formula is C17H29NO2. The number of ether oxygens (including phenoxy) is 2. The van der Waals surface area contributed by atoms with Crippen molar-refractivity contribution in [2.24, 2.45) is 5.41 Å². The van der Waals surface area contributed by atoms with Gasteiger partial charge >= 0.3 is 0 Å². The number of nitrogens with one attached hydrogen (secondary N) is 1. The minimum Gasteiger partial charge on any atom is -0.493 e. The van der Waals surface area contributed by atoms with Gasteiger partial charge in [-0.15, -0.1) is 0 Å². The number of rotatable bonds is 8. The summed E-state index contributed by atoms with van der Waals surface area (Å²) in [6.45, 7) is 11.4. The molecule has 0 bridgehead atoms. The Kier molecular flexibility index (Phi) is 6.86. The number of hydrogen-bond donors (Lipinski definition) is 1. The highest BCUT2D eigenvalue weighted by Crippen LogP contribution is 2.28. The average molecular weight is 279 g/mol. The van der Waals surface area contributed by atoms with Crippen LogP contribution in [0.4, 0.5) is 0 Å². The molecule has 1 aromatic rings. The Hall–Kier alpha value is -1.22. The van der Waals surface area contributed by atoms with Crippen LogP contribution in [0.2, 0.25) is 0 Å². The van der Waals surface area contributed by atoms with Crippen molar-refractivity contribution in [3.63, 3.8) is 0 Å². The van der Waals surface area contributed by atoms with Gasteiger partial charge in [-0.1, -0.05) is 33.8 Å². The van der Waals surface area contributed by atoms with Crippen molar-refractivity contribution in [3.05, 3.63) is 23.8 Å². The van der Waals surface area contributed by atoms with Gasteiger partial charge in [0.2, 0.25) is 0 Å². The first kappa shape index (κ1) is 16.8. The monoisotopic (exact) mass is 279 g/mol. The maximum atomic E-state index is 5.77. The van der Waals surface area contributed by atoms with Crippen LogP contribution in [0.15, 0.2) is 18.2 Å². The van der Waals surface area contributed by atoms with Crippen molar-refractivity contribution in [1.82, 2.24) is 5.32 Å². The Balaban J connectivity index is 2.31. The molecule has 0 aromatic heterocycles. The predicted molar refractivity (Wildman–Crippen MR) is 84.8 cm³/mol. The number of benzene rings is 1. The fourth-order valence-electron chi connectivity index (χ4n) is 1.87. The molecule has 0 radical (unpaired) electrons. The van der Waals surface area contributed by atoms with Gasteiger partial charge in [-0.05, 0) is 42.5 Å². The zero-order valence-corrected chi connectivity index (χ0v) is 13.6. The van der Waals surface area contributed by atoms with Crippen molar-refractivity contribution >= 4 is 0 Å². The summed E-state index contributed by atoms with van der Waals surface area (Å²) < 4.78 is 11.1. The van der Waals surface area contributed by atoms with E-state index in [0.29, 0.717) is 12.0 Å². The minimum atomic E-state index is 0.382. The summed E-state index contributed by atoms with van der Waals surface area (Å²) in [5.74, 6) is 1.64. The average Bonchev–Trinajstić information content (AvgIpc) is 2.41. The molecule has 1 N–H and O–H groups in total. The first-order valence-corrected chi connectivity index (χ1v) is 7.46. The van der Waals surface area contributed by atoms with Crippen LogP contribution >= 0.6 is 0 Å². The normalized spacial score (nSPS) is 11.4. The Morgan fingerprint density at radius 1 is 1.10 bits per heavy atom. The molecule has 0 spiro atoms. The predicted octanol–water partition coefficient (Wildman–Crippen LogP) is 3.66. The smallest absolute Gasteiger partial charge is 0.161 e. The molecule has 0 amide bonds. The molecule has 0 saturated carbocycles. The lowest BCUT2D eigenvalue weighted by Gasteiger charge is -2.18.